The van der Waals surface area contributed by atoms with Crippen molar-refractivity contribution in [3.63, 3.8) is 0 Å². The lowest BCUT2D eigenvalue weighted by Gasteiger charge is -2.41. The highest BCUT2D eigenvalue weighted by Crippen LogP contribution is 2.33. The van der Waals surface area contributed by atoms with Crippen LogP contribution in [0.25, 0.3) is 0 Å². The molecular weight excluding hydrogens is 232 g/mol. The Bertz CT molecular complexity index is 244. The van der Waals surface area contributed by atoms with E-state index < -0.39 is 0 Å². The molecule has 2 fully saturated rings. The molecule has 0 aromatic heterocycles. The highest BCUT2D eigenvalue weighted by Gasteiger charge is 2.29. The average Bonchev–Trinajstić information content (AvgIpc) is 2.39. The van der Waals surface area contributed by atoms with Gasteiger partial charge in [-0.15, -0.1) is 0 Å². The number of hydrogen-bond acceptors (Lipinski definition) is 2. The van der Waals surface area contributed by atoms with Crippen LogP contribution in [0.1, 0.15) is 58.8 Å². The molecule has 2 unspecified atom stereocenters. The quantitative estimate of drug-likeness (QED) is 0.819. The molecule has 0 aromatic carbocycles. The summed E-state index contributed by atoms with van der Waals surface area (Å²) in [6, 6.07) is 0.910. The van der Waals surface area contributed by atoms with Crippen LogP contribution in [0.2, 0.25) is 0 Å². The second kappa shape index (κ2) is 7.64. The number of piperidine rings is 1. The first-order valence-electron chi connectivity index (χ1n) is 8.57. The van der Waals surface area contributed by atoms with E-state index in [4.69, 9.17) is 0 Å². The first-order valence-corrected chi connectivity index (χ1v) is 8.57. The second-order valence-electron chi connectivity index (χ2n) is 7.35. The monoisotopic (exact) mass is 266 g/mol. The minimum Gasteiger partial charge on any atom is -0.319 e. The number of nitrogens with one attached hydrogen (secondary N) is 1. The van der Waals surface area contributed by atoms with Crippen molar-refractivity contribution in [2.24, 2.45) is 17.8 Å². The summed E-state index contributed by atoms with van der Waals surface area (Å²) < 4.78 is 0. The number of hydrogen-bond donors (Lipinski definition) is 1. The van der Waals surface area contributed by atoms with Gasteiger partial charge in [-0.25, -0.2) is 0 Å². The van der Waals surface area contributed by atoms with E-state index in [1.54, 1.807) is 0 Å². The lowest BCUT2D eigenvalue weighted by atomic mass is 9.80. The Morgan fingerprint density at radius 2 is 1.79 bits per heavy atom. The van der Waals surface area contributed by atoms with Gasteiger partial charge in [0.15, 0.2) is 0 Å². The molecule has 0 spiro atoms. The summed E-state index contributed by atoms with van der Waals surface area (Å²) in [5.74, 6) is 2.81. The summed E-state index contributed by atoms with van der Waals surface area (Å²) in [6.45, 7) is 8.69. The van der Waals surface area contributed by atoms with E-state index in [0.717, 1.165) is 23.8 Å². The maximum absolute atomic E-state index is 3.34. The van der Waals surface area contributed by atoms with E-state index >= 15 is 0 Å². The van der Waals surface area contributed by atoms with Crippen molar-refractivity contribution in [3.05, 3.63) is 0 Å². The maximum atomic E-state index is 3.34. The van der Waals surface area contributed by atoms with Gasteiger partial charge in [0.2, 0.25) is 0 Å². The third-order valence-corrected chi connectivity index (χ3v) is 5.22. The predicted molar refractivity (Wildman–Crippen MR) is 83.4 cm³/mol. The lowest BCUT2D eigenvalue weighted by molar-refractivity contribution is 0.0852. The van der Waals surface area contributed by atoms with Crippen LogP contribution in [0.3, 0.4) is 0 Å². The molecule has 2 nitrogen and oxygen atoms in total. The highest BCUT2D eigenvalue weighted by atomic mass is 15.2. The van der Waals surface area contributed by atoms with Gasteiger partial charge in [0.05, 0.1) is 0 Å². The van der Waals surface area contributed by atoms with Crippen LogP contribution in [0.5, 0.6) is 0 Å². The molecule has 0 radical (unpaired) electrons. The molecule has 1 N–H and O–H groups in total. The summed E-state index contributed by atoms with van der Waals surface area (Å²) in [7, 11) is 2.09. The fourth-order valence-corrected chi connectivity index (χ4v) is 4.29. The van der Waals surface area contributed by atoms with E-state index in [9.17, 15) is 0 Å². The molecule has 1 aliphatic heterocycles. The SMILES string of the molecule is CNCC1CCN(C2CCCC(CC(C)C)C2)CC1. The van der Waals surface area contributed by atoms with Crippen LogP contribution < -0.4 is 5.32 Å². The molecule has 1 aliphatic carbocycles. The summed E-state index contributed by atoms with van der Waals surface area (Å²) in [5, 5.41) is 3.34. The first-order chi connectivity index (χ1) is 9.19. The Kier molecular flexibility index (Phi) is 6.15. The van der Waals surface area contributed by atoms with Crippen LogP contribution in [-0.4, -0.2) is 37.6 Å². The highest BCUT2D eigenvalue weighted by molar-refractivity contribution is 4.84. The Morgan fingerprint density at radius 1 is 1.05 bits per heavy atom. The maximum Gasteiger partial charge on any atom is 0.00979 e. The van der Waals surface area contributed by atoms with Crippen molar-refractivity contribution in [3.8, 4) is 0 Å². The summed E-state index contributed by atoms with van der Waals surface area (Å²) in [4.78, 5) is 2.82. The van der Waals surface area contributed by atoms with Crippen molar-refractivity contribution < 1.29 is 0 Å². The summed E-state index contributed by atoms with van der Waals surface area (Å²) >= 11 is 0. The van der Waals surface area contributed by atoms with Crippen molar-refractivity contribution in [2.75, 3.05) is 26.7 Å². The fourth-order valence-electron chi connectivity index (χ4n) is 4.29. The third-order valence-electron chi connectivity index (χ3n) is 5.22. The molecule has 0 bridgehead atoms. The van der Waals surface area contributed by atoms with Crippen LogP contribution >= 0.6 is 0 Å². The lowest BCUT2D eigenvalue weighted by Crippen LogP contribution is -2.45. The Morgan fingerprint density at radius 3 is 2.42 bits per heavy atom. The van der Waals surface area contributed by atoms with Gasteiger partial charge in [-0.2, -0.15) is 0 Å². The molecule has 1 saturated carbocycles. The van der Waals surface area contributed by atoms with E-state index in [-0.39, 0.29) is 0 Å². The molecule has 1 saturated heterocycles. The van der Waals surface area contributed by atoms with Crippen molar-refractivity contribution in [1.29, 1.82) is 0 Å². The van der Waals surface area contributed by atoms with Crippen LogP contribution in [-0.2, 0) is 0 Å². The van der Waals surface area contributed by atoms with Gasteiger partial charge in [0, 0.05) is 6.04 Å². The molecule has 112 valence electrons. The molecule has 0 amide bonds. The molecule has 2 rings (SSSR count). The molecular formula is C17H34N2. The Labute approximate surface area is 120 Å². The van der Waals surface area contributed by atoms with E-state index in [1.807, 2.05) is 0 Å². The van der Waals surface area contributed by atoms with Gasteiger partial charge in [-0.3, -0.25) is 0 Å². The Hall–Kier alpha value is -0.0800. The summed E-state index contributed by atoms with van der Waals surface area (Å²) in [5.41, 5.74) is 0. The standard InChI is InChI=1S/C17H34N2/c1-14(2)11-16-5-4-6-17(12-16)19-9-7-15(8-10-19)13-18-3/h14-18H,4-13H2,1-3H3. The van der Waals surface area contributed by atoms with E-state index in [2.05, 4.69) is 31.1 Å². The first kappa shape index (κ1) is 15.3. The molecule has 0 aromatic rings. The van der Waals surface area contributed by atoms with Crippen LogP contribution in [0.4, 0.5) is 0 Å². The number of rotatable bonds is 5. The van der Waals surface area contributed by atoms with Gasteiger partial charge in [0.1, 0.15) is 0 Å². The molecule has 2 heteroatoms. The largest absolute Gasteiger partial charge is 0.319 e. The minimum absolute atomic E-state index is 0.880. The van der Waals surface area contributed by atoms with Gasteiger partial charge < -0.3 is 10.2 Å². The van der Waals surface area contributed by atoms with Crippen molar-refractivity contribution in [1.82, 2.24) is 10.2 Å². The molecule has 1 heterocycles. The van der Waals surface area contributed by atoms with E-state index in [1.165, 1.54) is 64.6 Å². The zero-order chi connectivity index (χ0) is 13.7. The topological polar surface area (TPSA) is 15.3 Å². The smallest absolute Gasteiger partial charge is 0.00979 e. The second-order valence-corrected chi connectivity index (χ2v) is 7.35. The van der Waals surface area contributed by atoms with Gasteiger partial charge in [-0.1, -0.05) is 26.7 Å². The minimum atomic E-state index is 0.880. The average molecular weight is 266 g/mol. The number of nitrogens with zero attached hydrogens (tertiary/aromatic N) is 1. The molecule has 2 aliphatic rings. The van der Waals surface area contributed by atoms with Crippen molar-refractivity contribution >= 4 is 0 Å². The zero-order valence-corrected chi connectivity index (χ0v) is 13.3. The normalized spacial score (nSPS) is 30.9. The Balaban J connectivity index is 1.76. The fraction of sp³-hybridized carbons (Fsp3) is 1.00. The summed E-state index contributed by atoms with van der Waals surface area (Å²) in [6.07, 6.45) is 10.2. The van der Waals surface area contributed by atoms with Gasteiger partial charge in [0.25, 0.3) is 0 Å². The van der Waals surface area contributed by atoms with Crippen molar-refractivity contribution in [2.45, 2.75) is 64.8 Å². The zero-order valence-electron chi connectivity index (χ0n) is 13.3. The van der Waals surface area contributed by atoms with Gasteiger partial charge >= 0.3 is 0 Å². The molecule has 2 atom stereocenters. The van der Waals surface area contributed by atoms with Crippen LogP contribution in [0, 0.1) is 17.8 Å². The van der Waals surface area contributed by atoms with Gasteiger partial charge in [-0.05, 0) is 76.5 Å². The third kappa shape index (κ3) is 4.75. The predicted octanol–water partition coefficient (Wildman–Crippen LogP) is 3.52. The number of likely N-dealkylation sites (tertiary alicyclic amines) is 1. The van der Waals surface area contributed by atoms with Crippen LogP contribution in [0.15, 0.2) is 0 Å². The molecule has 19 heavy (non-hydrogen) atoms. The van der Waals surface area contributed by atoms with E-state index in [0.29, 0.717) is 0 Å².